The molecule has 2 aliphatic heterocycles. The number of aromatic amines is 1. The van der Waals surface area contributed by atoms with Gasteiger partial charge in [-0.3, -0.25) is 19.6 Å². The number of amides is 1. The monoisotopic (exact) mass is 449 g/mol. The summed E-state index contributed by atoms with van der Waals surface area (Å²) in [4.78, 5) is 33.0. The minimum atomic E-state index is 0.0887. The molecule has 0 unspecified atom stereocenters. The molecule has 0 saturated carbocycles. The molecule has 4 heterocycles. The molecule has 0 radical (unpaired) electrons. The number of hydrogen-bond acceptors (Lipinski definition) is 7. The molecule has 5 rings (SSSR count). The number of aliphatic hydroxyl groups is 1. The second-order valence-corrected chi connectivity index (χ2v) is 8.74. The van der Waals surface area contributed by atoms with Crippen LogP contribution in [0.15, 0.2) is 30.5 Å². The molecular formula is C24H31N7O2. The third-order valence-electron chi connectivity index (χ3n) is 6.69. The van der Waals surface area contributed by atoms with Gasteiger partial charge in [0.2, 0.25) is 0 Å². The maximum absolute atomic E-state index is 13.8. The highest BCUT2D eigenvalue weighted by atomic mass is 16.3. The standard InChI is InChI=1S/C24H31N7O2/c1-25-21-14-26-22(28-21)16-30-7-6-20-18(15-30)23(17-4-2-3-5-19(17)27-20)24(33)31-10-8-29(9-11-31)12-13-32/h2-5,14,25,32H,6-13,15-16H2,1H3,(H,26,28). The van der Waals surface area contributed by atoms with Crippen molar-refractivity contribution in [2.24, 2.45) is 0 Å². The van der Waals surface area contributed by atoms with Crippen LogP contribution in [0.25, 0.3) is 10.9 Å². The van der Waals surface area contributed by atoms with E-state index in [1.165, 1.54) is 0 Å². The van der Waals surface area contributed by atoms with E-state index < -0.39 is 0 Å². The van der Waals surface area contributed by atoms with E-state index >= 15 is 0 Å². The van der Waals surface area contributed by atoms with Crippen molar-refractivity contribution in [3.8, 4) is 0 Å². The fourth-order valence-corrected chi connectivity index (χ4v) is 4.88. The number of β-amino-alcohol motifs (C(OH)–C–C–N with tert-alkyl or cyclic N) is 1. The van der Waals surface area contributed by atoms with Gasteiger partial charge in [0.25, 0.3) is 5.91 Å². The third kappa shape index (κ3) is 4.44. The number of anilines is 1. The number of hydrogen-bond donors (Lipinski definition) is 3. The molecule has 0 aliphatic carbocycles. The van der Waals surface area contributed by atoms with Gasteiger partial charge in [-0.15, -0.1) is 0 Å². The second-order valence-electron chi connectivity index (χ2n) is 8.74. The Balaban J connectivity index is 1.44. The van der Waals surface area contributed by atoms with E-state index in [2.05, 4.69) is 25.1 Å². The number of aromatic nitrogens is 3. The lowest BCUT2D eigenvalue weighted by Crippen LogP contribution is -2.49. The summed E-state index contributed by atoms with van der Waals surface area (Å²) in [7, 11) is 1.87. The number of piperazine rings is 1. The van der Waals surface area contributed by atoms with Crippen LogP contribution >= 0.6 is 0 Å². The number of fused-ring (bicyclic) bond motifs is 2. The van der Waals surface area contributed by atoms with Crippen LogP contribution in [-0.2, 0) is 19.5 Å². The van der Waals surface area contributed by atoms with Crippen LogP contribution in [0.5, 0.6) is 0 Å². The summed E-state index contributed by atoms with van der Waals surface area (Å²) >= 11 is 0. The van der Waals surface area contributed by atoms with E-state index in [1.54, 1.807) is 6.20 Å². The van der Waals surface area contributed by atoms with Crippen molar-refractivity contribution in [2.45, 2.75) is 19.5 Å². The normalized spacial score (nSPS) is 17.3. The number of rotatable bonds is 6. The van der Waals surface area contributed by atoms with Crippen LogP contribution in [0.3, 0.4) is 0 Å². The number of carbonyl (C=O) groups is 1. The first kappa shape index (κ1) is 21.8. The van der Waals surface area contributed by atoms with Gasteiger partial charge in [-0.1, -0.05) is 18.2 Å². The van der Waals surface area contributed by atoms with E-state index in [1.807, 2.05) is 36.2 Å². The first-order valence-electron chi connectivity index (χ1n) is 11.6. The number of nitrogens with one attached hydrogen (secondary N) is 2. The zero-order valence-corrected chi connectivity index (χ0v) is 19.0. The zero-order valence-electron chi connectivity index (χ0n) is 19.0. The van der Waals surface area contributed by atoms with Crippen molar-refractivity contribution in [3.05, 3.63) is 53.1 Å². The Kier molecular flexibility index (Phi) is 6.26. The number of carbonyl (C=O) groups excluding carboxylic acids is 1. The third-order valence-corrected chi connectivity index (χ3v) is 6.69. The summed E-state index contributed by atoms with van der Waals surface area (Å²) in [6, 6.07) is 7.98. The fourth-order valence-electron chi connectivity index (χ4n) is 4.88. The number of nitrogens with zero attached hydrogens (tertiary/aromatic N) is 5. The molecule has 1 aromatic carbocycles. The molecule has 9 nitrogen and oxygen atoms in total. The van der Waals surface area contributed by atoms with E-state index in [0.29, 0.717) is 32.7 Å². The van der Waals surface area contributed by atoms with Crippen molar-refractivity contribution in [3.63, 3.8) is 0 Å². The summed E-state index contributed by atoms with van der Waals surface area (Å²) in [5.41, 5.74) is 3.76. The van der Waals surface area contributed by atoms with Crippen LogP contribution in [0.2, 0.25) is 0 Å². The van der Waals surface area contributed by atoms with Crippen LogP contribution in [-0.4, -0.2) is 93.6 Å². The van der Waals surface area contributed by atoms with Gasteiger partial charge in [0, 0.05) is 75.9 Å². The first-order valence-corrected chi connectivity index (χ1v) is 11.6. The molecule has 174 valence electrons. The van der Waals surface area contributed by atoms with Crippen LogP contribution < -0.4 is 5.32 Å². The number of para-hydroxylation sites is 1. The number of aliphatic hydroxyl groups excluding tert-OH is 1. The zero-order chi connectivity index (χ0) is 22.8. The molecule has 9 heteroatoms. The van der Waals surface area contributed by atoms with E-state index in [4.69, 9.17) is 4.98 Å². The summed E-state index contributed by atoms with van der Waals surface area (Å²) in [6.07, 6.45) is 2.61. The van der Waals surface area contributed by atoms with Crippen molar-refractivity contribution in [2.75, 3.05) is 58.2 Å². The van der Waals surface area contributed by atoms with Crippen molar-refractivity contribution in [1.82, 2.24) is 29.7 Å². The average molecular weight is 450 g/mol. The quantitative estimate of drug-likeness (QED) is 0.522. The Morgan fingerprint density at radius 3 is 2.73 bits per heavy atom. The highest BCUT2D eigenvalue weighted by Crippen LogP contribution is 2.30. The van der Waals surface area contributed by atoms with E-state index in [9.17, 15) is 9.90 Å². The van der Waals surface area contributed by atoms with Gasteiger partial charge in [-0.05, 0) is 6.07 Å². The maximum Gasteiger partial charge on any atom is 0.255 e. The Hall–Kier alpha value is -3.01. The van der Waals surface area contributed by atoms with E-state index in [0.717, 1.165) is 65.4 Å². The molecule has 3 N–H and O–H groups in total. The second kappa shape index (κ2) is 9.46. The first-order chi connectivity index (χ1) is 16.2. The lowest BCUT2D eigenvalue weighted by atomic mass is 9.94. The smallest absolute Gasteiger partial charge is 0.255 e. The van der Waals surface area contributed by atoms with Crippen molar-refractivity contribution < 1.29 is 9.90 Å². The summed E-state index contributed by atoms with van der Waals surface area (Å²) < 4.78 is 0. The molecule has 0 bridgehead atoms. The van der Waals surface area contributed by atoms with Crippen LogP contribution in [0.4, 0.5) is 5.82 Å². The predicted molar refractivity (Wildman–Crippen MR) is 127 cm³/mol. The minimum absolute atomic E-state index is 0.0887. The summed E-state index contributed by atoms with van der Waals surface area (Å²) in [5.74, 6) is 1.89. The fraction of sp³-hybridized carbons (Fsp3) is 0.458. The highest BCUT2D eigenvalue weighted by Gasteiger charge is 2.30. The van der Waals surface area contributed by atoms with Gasteiger partial charge < -0.3 is 20.3 Å². The molecule has 1 amide bonds. The summed E-state index contributed by atoms with van der Waals surface area (Å²) in [6.45, 7) is 5.98. The number of benzene rings is 1. The van der Waals surface area contributed by atoms with Gasteiger partial charge in [-0.25, -0.2) is 4.98 Å². The molecule has 2 aliphatic rings. The molecule has 2 aromatic heterocycles. The Morgan fingerprint density at radius 1 is 1.15 bits per heavy atom. The van der Waals surface area contributed by atoms with Crippen molar-refractivity contribution in [1.29, 1.82) is 0 Å². The van der Waals surface area contributed by atoms with Gasteiger partial charge in [0.05, 0.1) is 30.4 Å². The van der Waals surface area contributed by atoms with Gasteiger partial charge in [0.1, 0.15) is 11.6 Å². The van der Waals surface area contributed by atoms with E-state index in [-0.39, 0.29) is 12.5 Å². The van der Waals surface area contributed by atoms with Gasteiger partial charge in [0.15, 0.2) is 0 Å². The SMILES string of the molecule is CNc1cnc(CN2CCc3nc4ccccc4c(C(=O)N4CCN(CCO)CC4)c3C2)[nH]1. The lowest BCUT2D eigenvalue weighted by Gasteiger charge is -2.36. The molecule has 3 aromatic rings. The Bertz CT molecular complexity index is 1140. The predicted octanol–water partition coefficient (Wildman–Crippen LogP) is 1.31. The molecular weight excluding hydrogens is 418 g/mol. The lowest BCUT2D eigenvalue weighted by molar-refractivity contribution is 0.0614. The topological polar surface area (TPSA) is 101 Å². The summed E-state index contributed by atoms with van der Waals surface area (Å²) in [5, 5.41) is 13.2. The number of H-pyrrole nitrogens is 1. The van der Waals surface area contributed by atoms with Crippen LogP contribution in [0, 0.1) is 0 Å². The minimum Gasteiger partial charge on any atom is -0.395 e. The van der Waals surface area contributed by atoms with Crippen molar-refractivity contribution >= 4 is 22.6 Å². The molecule has 33 heavy (non-hydrogen) atoms. The molecule has 0 spiro atoms. The average Bonchev–Trinajstić information content (AvgIpc) is 3.30. The number of pyridine rings is 1. The largest absolute Gasteiger partial charge is 0.395 e. The maximum atomic E-state index is 13.8. The highest BCUT2D eigenvalue weighted by molar-refractivity contribution is 6.07. The van der Waals surface area contributed by atoms with Gasteiger partial charge >= 0.3 is 0 Å². The molecule has 0 atom stereocenters. The molecule has 1 saturated heterocycles. The Labute approximate surface area is 193 Å². The molecule has 1 fully saturated rings. The Morgan fingerprint density at radius 2 is 1.97 bits per heavy atom. The van der Waals surface area contributed by atoms with Crippen LogP contribution in [0.1, 0.15) is 27.4 Å². The number of imidazole rings is 1. The van der Waals surface area contributed by atoms with Gasteiger partial charge in [-0.2, -0.15) is 0 Å².